The van der Waals surface area contributed by atoms with E-state index in [1.807, 2.05) is 6.92 Å². The molecule has 0 radical (unpaired) electrons. The summed E-state index contributed by atoms with van der Waals surface area (Å²) in [4.78, 5) is 0. The molecular weight excluding hydrogens is 343 g/mol. The zero-order valence-electron chi connectivity index (χ0n) is 12.1. The lowest BCUT2D eigenvalue weighted by Crippen LogP contribution is -2.23. The molecule has 1 unspecified atom stereocenters. The van der Waals surface area contributed by atoms with Crippen LogP contribution in [0.15, 0.2) is 22.7 Å². The lowest BCUT2D eigenvalue weighted by Gasteiger charge is -2.23. The highest BCUT2D eigenvalue weighted by atomic mass is 79.9. The van der Waals surface area contributed by atoms with Crippen LogP contribution in [0, 0.1) is 5.92 Å². The normalized spacial score (nSPS) is 18.1. The van der Waals surface area contributed by atoms with Gasteiger partial charge in [0.2, 0.25) is 0 Å². The average molecular weight is 364 g/mol. The van der Waals surface area contributed by atoms with E-state index in [0.717, 1.165) is 18.5 Å². The lowest BCUT2D eigenvalue weighted by molar-refractivity contribution is -0.138. The molecule has 5 heteroatoms. The van der Waals surface area contributed by atoms with E-state index in [1.165, 1.54) is 37.8 Å². The molecule has 1 aliphatic carbocycles. The summed E-state index contributed by atoms with van der Waals surface area (Å²) in [7, 11) is 0. The van der Waals surface area contributed by atoms with E-state index >= 15 is 0 Å². The number of halogens is 4. The van der Waals surface area contributed by atoms with Gasteiger partial charge < -0.3 is 5.32 Å². The van der Waals surface area contributed by atoms with Gasteiger partial charge in [0.15, 0.2) is 0 Å². The van der Waals surface area contributed by atoms with Crippen LogP contribution in [-0.4, -0.2) is 6.54 Å². The van der Waals surface area contributed by atoms with Crippen molar-refractivity contribution in [1.29, 1.82) is 0 Å². The van der Waals surface area contributed by atoms with Gasteiger partial charge in [0.05, 0.1) is 5.56 Å². The Hall–Kier alpha value is -0.550. The van der Waals surface area contributed by atoms with E-state index < -0.39 is 11.7 Å². The molecule has 0 amide bonds. The van der Waals surface area contributed by atoms with Gasteiger partial charge in [-0.05, 0) is 36.6 Å². The standard InChI is InChI=1S/C16H21BrF3N/c1-2-21-15(9-11-5-3-4-6-11)12-7-8-14(17)13(10-12)16(18,19)20/h7-8,10-11,15,21H,2-6,9H2,1H3. The van der Waals surface area contributed by atoms with E-state index in [9.17, 15) is 13.2 Å². The summed E-state index contributed by atoms with van der Waals surface area (Å²) in [5, 5.41) is 3.34. The second-order valence-electron chi connectivity index (χ2n) is 5.73. The van der Waals surface area contributed by atoms with Gasteiger partial charge in [-0.3, -0.25) is 0 Å². The fraction of sp³-hybridized carbons (Fsp3) is 0.625. The predicted octanol–water partition coefficient (Wildman–Crippen LogP) is 5.70. The smallest absolute Gasteiger partial charge is 0.310 e. The fourth-order valence-corrected chi connectivity index (χ4v) is 3.61. The summed E-state index contributed by atoms with van der Waals surface area (Å²) in [5.41, 5.74) is 0.147. The second kappa shape index (κ2) is 7.14. The van der Waals surface area contributed by atoms with Crippen LogP contribution in [0.3, 0.4) is 0 Å². The molecule has 1 aromatic rings. The maximum absolute atomic E-state index is 13.0. The average Bonchev–Trinajstić information content (AvgIpc) is 2.90. The molecule has 1 fully saturated rings. The van der Waals surface area contributed by atoms with Gasteiger partial charge >= 0.3 is 6.18 Å². The first kappa shape index (κ1) is 16.8. The quantitative estimate of drug-likeness (QED) is 0.707. The van der Waals surface area contributed by atoms with Crippen molar-refractivity contribution >= 4 is 15.9 Å². The second-order valence-corrected chi connectivity index (χ2v) is 6.59. The third-order valence-electron chi connectivity index (χ3n) is 4.19. The van der Waals surface area contributed by atoms with Crippen LogP contribution < -0.4 is 5.32 Å². The van der Waals surface area contributed by atoms with Crippen molar-refractivity contribution in [2.75, 3.05) is 6.54 Å². The Morgan fingerprint density at radius 1 is 1.29 bits per heavy atom. The zero-order valence-corrected chi connectivity index (χ0v) is 13.7. The van der Waals surface area contributed by atoms with Gasteiger partial charge in [0, 0.05) is 10.5 Å². The molecule has 118 valence electrons. The molecule has 1 atom stereocenters. The van der Waals surface area contributed by atoms with Gasteiger partial charge in [0.25, 0.3) is 0 Å². The minimum absolute atomic E-state index is 0.00676. The molecule has 0 bridgehead atoms. The van der Waals surface area contributed by atoms with Gasteiger partial charge in [-0.1, -0.05) is 54.6 Å². The van der Waals surface area contributed by atoms with Crippen molar-refractivity contribution in [3.8, 4) is 0 Å². The monoisotopic (exact) mass is 363 g/mol. The molecule has 1 aliphatic rings. The van der Waals surface area contributed by atoms with Crippen molar-refractivity contribution in [3.63, 3.8) is 0 Å². The number of benzene rings is 1. The van der Waals surface area contributed by atoms with E-state index in [-0.39, 0.29) is 10.5 Å². The summed E-state index contributed by atoms with van der Waals surface area (Å²) in [6, 6.07) is 4.60. The summed E-state index contributed by atoms with van der Waals surface area (Å²) in [6.07, 6.45) is 1.50. The van der Waals surface area contributed by atoms with Crippen LogP contribution in [0.25, 0.3) is 0 Å². The topological polar surface area (TPSA) is 12.0 Å². The molecule has 0 aliphatic heterocycles. The number of rotatable bonds is 5. The SMILES string of the molecule is CCNC(CC1CCCC1)c1ccc(Br)c(C(F)(F)F)c1. The van der Waals surface area contributed by atoms with Gasteiger partial charge in [-0.15, -0.1) is 0 Å². The molecule has 2 rings (SSSR count). The molecular formula is C16H21BrF3N. The minimum Gasteiger partial charge on any atom is -0.310 e. The van der Waals surface area contributed by atoms with Crippen molar-refractivity contribution in [2.24, 2.45) is 5.92 Å². The number of hydrogen-bond acceptors (Lipinski definition) is 1. The van der Waals surface area contributed by atoms with Crippen molar-refractivity contribution in [2.45, 2.75) is 51.2 Å². The Bertz CT molecular complexity index is 467. The van der Waals surface area contributed by atoms with Crippen LogP contribution in [0.1, 0.15) is 56.2 Å². The molecule has 0 spiro atoms. The molecule has 1 saturated carbocycles. The van der Waals surface area contributed by atoms with Crippen LogP contribution in [-0.2, 0) is 6.18 Å². The molecule has 1 N–H and O–H groups in total. The molecule has 1 aromatic carbocycles. The van der Waals surface area contributed by atoms with Gasteiger partial charge in [0.1, 0.15) is 0 Å². The van der Waals surface area contributed by atoms with Crippen LogP contribution >= 0.6 is 15.9 Å². The highest BCUT2D eigenvalue weighted by Crippen LogP contribution is 2.38. The molecule has 0 saturated heterocycles. The highest BCUT2D eigenvalue weighted by molar-refractivity contribution is 9.10. The largest absolute Gasteiger partial charge is 0.417 e. The van der Waals surface area contributed by atoms with Crippen molar-refractivity contribution in [1.82, 2.24) is 5.32 Å². The number of alkyl halides is 3. The first-order chi connectivity index (χ1) is 9.91. The van der Waals surface area contributed by atoms with E-state index in [0.29, 0.717) is 5.92 Å². The lowest BCUT2D eigenvalue weighted by atomic mass is 9.92. The van der Waals surface area contributed by atoms with E-state index in [1.54, 1.807) is 6.07 Å². The first-order valence-electron chi connectivity index (χ1n) is 7.51. The van der Waals surface area contributed by atoms with E-state index in [2.05, 4.69) is 21.2 Å². The third-order valence-corrected chi connectivity index (χ3v) is 4.88. The van der Waals surface area contributed by atoms with Crippen molar-refractivity contribution < 1.29 is 13.2 Å². The minimum atomic E-state index is -4.32. The Kier molecular flexibility index (Phi) is 5.72. The Morgan fingerprint density at radius 3 is 2.52 bits per heavy atom. The Balaban J connectivity index is 2.22. The zero-order chi connectivity index (χ0) is 15.5. The maximum Gasteiger partial charge on any atom is 0.417 e. The summed E-state index contributed by atoms with van der Waals surface area (Å²) < 4.78 is 39.2. The number of nitrogens with one attached hydrogen (secondary N) is 1. The summed E-state index contributed by atoms with van der Waals surface area (Å²) in [5.74, 6) is 0.632. The molecule has 0 heterocycles. The maximum atomic E-state index is 13.0. The number of hydrogen-bond donors (Lipinski definition) is 1. The predicted molar refractivity (Wildman–Crippen MR) is 82.1 cm³/mol. The van der Waals surface area contributed by atoms with Gasteiger partial charge in [-0.2, -0.15) is 13.2 Å². The molecule has 1 nitrogen and oxygen atoms in total. The van der Waals surface area contributed by atoms with Crippen LogP contribution in [0.5, 0.6) is 0 Å². The first-order valence-corrected chi connectivity index (χ1v) is 8.31. The summed E-state index contributed by atoms with van der Waals surface area (Å²) >= 11 is 3.00. The Morgan fingerprint density at radius 2 is 1.95 bits per heavy atom. The third kappa shape index (κ3) is 4.46. The van der Waals surface area contributed by atoms with Crippen molar-refractivity contribution in [3.05, 3.63) is 33.8 Å². The van der Waals surface area contributed by atoms with E-state index in [4.69, 9.17) is 0 Å². The van der Waals surface area contributed by atoms with Crippen LogP contribution in [0.2, 0.25) is 0 Å². The van der Waals surface area contributed by atoms with Gasteiger partial charge in [-0.25, -0.2) is 0 Å². The highest BCUT2D eigenvalue weighted by Gasteiger charge is 2.34. The fourth-order valence-electron chi connectivity index (χ4n) is 3.14. The molecule has 0 aromatic heterocycles. The molecule has 21 heavy (non-hydrogen) atoms. The Labute approximate surface area is 132 Å². The summed E-state index contributed by atoms with van der Waals surface area (Å²) in [6.45, 7) is 2.75. The van der Waals surface area contributed by atoms with Crippen LogP contribution in [0.4, 0.5) is 13.2 Å².